The predicted octanol–water partition coefficient (Wildman–Crippen LogP) is 8.29. The van der Waals surface area contributed by atoms with Crippen molar-refractivity contribution in [2.75, 3.05) is 0 Å². The molecule has 2 aliphatic rings. The summed E-state index contributed by atoms with van der Waals surface area (Å²) < 4.78 is 0.436. The zero-order chi connectivity index (χ0) is 23.8. The maximum Gasteiger partial charge on any atom is 0.335 e. The van der Waals surface area contributed by atoms with Crippen LogP contribution in [0.4, 0.5) is 0 Å². The number of benzene rings is 1. The molecule has 0 amide bonds. The van der Waals surface area contributed by atoms with Crippen molar-refractivity contribution in [1.82, 2.24) is 0 Å². The Labute approximate surface area is 209 Å². The lowest BCUT2D eigenvalue weighted by molar-refractivity contribution is -0.0588. The second-order valence-electron chi connectivity index (χ2n) is 10.6. The van der Waals surface area contributed by atoms with Crippen LogP contribution >= 0.6 is 31.9 Å². The molecular weight excluding hydrogens is 532 g/mol. The van der Waals surface area contributed by atoms with Crippen molar-refractivity contribution in [2.45, 2.75) is 77.5 Å². The Morgan fingerprint density at radius 1 is 1.28 bits per heavy atom. The monoisotopic (exact) mass is 566 g/mol. The van der Waals surface area contributed by atoms with Gasteiger partial charge in [-0.1, -0.05) is 53.6 Å². The van der Waals surface area contributed by atoms with Crippen molar-refractivity contribution in [3.8, 4) is 5.75 Å². The van der Waals surface area contributed by atoms with Crippen molar-refractivity contribution in [3.63, 3.8) is 0 Å². The van der Waals surface area contributed by atoms with E-state index in [0.717, 1.165) is 38.5 Å². The highest BCUT2D eigenvalue weighted by atomic mass is 79.9. The minimum absolute atomic E-state index is 0.0669. The van der Waals surface area contributed by atoms with E-state index in [1.807, 2.05) is 0 Å². The van der Waals surface area contributed by atoms with Crippen LogP contribution in [0.1, 0.15) is 82.1 Å². The Morgan fingerprint density at radius 2 is 1.97 bits per heavy atom. The fraction of sp³-hybridized carbons (Fsp3) is 0.593. The van der Waals surface area contributed by atoms with Gasteiger partial charge in [-0.2, -0.15) is 0 Å². The summed E-state index contributed by atoms with van der Waals surface area (Å²) in [6.45, 7) is 13.7. The number of carboxylic acid groups (broad SMARTS) is 1. The van der Waals surface area contributed by atoms with Gasteiger partial charge in [0.1, 0.15) is 5.75 Å². The average molecular weight is 568 g/mol. The lowest BCUT2D eigenvalue weighted by Gasteiger charge is -2.61. The van der Waals surface area contributed by atoms with E-state index >= 15 is 0 Å². The summed E-state index contributed by atoms with van der Waals surface area (Å²) >= 11 is 7.40. The molecule has 0 aromatic heterocycles. The number of carbonyl (C=O) groups is 1. The van der Waals surface area contributed by atoms with E-state index < -0.39 is 5.97 Å². The van der Waals surface area contributed by atoms with Gasteiger partial charge in [0, 0.05) is 4.83 Å². The van der Waals surface area contributed by atoms with Crippen LogP contribution in [0.5, 0.6) is 5.75 Å². The van der Waals surface area contributed by atoms with E-state index in [2.05, 4.69) is 72.2 Å². The first-order chi connectivity index (χ1) is 14.9. The SMILES string of the molecule is C=C1CCC2C(C)(CCC=C(C)C)C(Br)CCC2(C)C1Cc1cc(C(=O)O)cc(Br)c1O. The van der Waals surface area contributed by atoms with Gasteiger partial charge in [-0.3, -0.25) is 0 Å². The molecule has 1 aromatic rings. The second-order valence-corrected chi connectivity index (χ2v) is 12.6. The van der Waals surface area contributed by atoms with Crippen LogP contribution in [0.25, 0.3) is 0 Å². The van der Waals surface area contributed by atoms with Crippen LogP contribution in [-0.2, 0) is 6.42 Å². The summed E-state index contributed by atoms with van der Waals surface area (Å²) in [4.78, 5) is 12.1. The van der Waals surface area contributed by atoms with Crippen LogP contribution in [0.3, 0.4) is 0 Å². The van der Waals surface area contributed by atoms with E-state index in [1.54, 1.807) is 6.07 Å². The molecule has 32 heavy (non-hydrogen) atoms. The molecule has 5 heteroatoms. The Balaban J connectivity index is 1.97. The molecule has 0 radical (unpaired) electrons. The number of fused-ring (bicyclic) bond motifs is 1. The topological polar surface area (TPSA) is 57.5 Å². The zero-order valence-corrected chi connectivity index (χ0v) is 22.9. The number of halogens is 2. The highest BCUT2D eigenvalue weighted by Crippen LogP contribution is 2.64. The summed E-state index contributed by atoms with van der Waals surface area (Å²) in [5.74, 6) is -0.0764. The molecule has 2 N–H and O–H groups in total. The van der Waals surface area contributed by atoms with E-state index in [-0.39, 0.29) is 28.1 Å². The Bertz CT molecular complexity index is 933. The van der Waals surface area contributed by atoms with Crippen LogP contribution in [0.15, 0.2) is 40.4 Å². The Morgan fingerprint density at radius 3 is 2.59 bits per heavy atom. The normalized spacial score (nSPS) is 32.3. The second kappa shape index (κ2) is 9.66. The lowest BCUT2D eigenvalue weighted by atomic mass is 9.46. The summed E-state index contributed by atoms with van der Waals surface area (Å²) in [5, 5.41) is 20.2. The molecule has 0 bridgehead atoms. The number of hydrogen-bond donors (Lipinski definition) is 2. The van der Waals surface area contributed by atoms with Gasteiger partial charge in [0.25, 0.3) is 0 Å². The lowest BCUT2D eigenvalue weighted by Crippen LogP contribution is -2.54. The molecule has 1 aromatic carbocycles. The first kappa shape index (κ1) is 25.6. The zero-order valence-electron chi connectivity index (χ0n) is 19.7. The van der Waals surface area contributed by atoms with Crippen LogP contribution in [0, 0.1) is 22.7 Å². The number of rotatable bonds is 6. The Hall–Kier alpha value is -1.07. The molecule has 0 heterocycles. The molecule has 3 nitrogen and oxygen atoms in total. The molecule has 5 atom stereocenters. The fourth-order valence-corrected chi connectivity index (χ4v) is 7.77. The minimum Gasteiger partial charge on any atom is -0.506 e. The Kier molecular flexibility index (Phi) is 7.71. The molecule has 176 valence electrons. The van der Waals surface area contributed by atoms with Gasteiger partial charge in [-0.25, -0.2) is 4.79 Å². The molecule has 0 saturated heterocycles. The van der Waals surface area contributed by atoms with Gasteiger partial charge in [0.15, 0.2) is 0 Å². The molecule has 2 aliphatic carbocycles. The van der Waals surface area contributed by atoms with Crippen molar-refractivity contribution >= 4 is 37.8 Å². The number of aromatic hydroxyl groups is 1. The van der Waals surface area contributed by atoms with Gasteiger partial charge in [0.05, 0.1) is 10.0 Å². The summed E-state index contributed by atoms with van der Waals surface area (Å²) in [6, 6.07) is 3.10. The number of hydrogen-bond acceptors (Lipinski definition) is 2. The highest BCUT2D eigenvalue weighted by Gasteiger charge is 2.57. The van der Waals surface area contributed by atoms with Crippen molar-refractivity contribution in [1.29, 1.82) is 0 Å². The maximum absolute atomic E-state index is 11.6. The predicted molar refractivity (Wildman–Crippen MR) is 139 cm³/mol. The third kappa shape index (κ3) is 4.75. The number of allylic oxidation sites excluding steroid dienone is 3. The molecule has 0 aliphatic heterocycles. The smallest absolute Gasteiger partial charge is 0.335 e. The quantitative estimate of drug-likeness (QED) is 0.268. The van der Waals surface area contributed by atoms with Crippen LogP contribution < -0.4 is 0 Å². The summed E-state index contributed by atoms with van der Waals surface area (Å²) in [5.41, 5.74) is 3.74. The number of carboxylic acids is 1. The average Bonchev–Trinajstić information content (AvgIpc) is 2.70. The third-order valence-electron chi connectivity index (χ3n) is 8.34. The number of alkyl halides is 1. The van der Waals surface area contributed by atoms with Gasteiger partial charge < -0.3 is 10.2 Å². The molecule has 2 saturated carbocycles. The van der Waals surface area contributed by atoms with E-state index in [4.69, 9.17) is 0 Å². The number of phenolic OH excluding ortho intramolecular Hbond substituents is 1. The fourth-order valence-electron chi connectivity index (χ4n) is 6.50. The third-order valence-corrected chi connectivity index (χ3v) is 10.4. The van der Waals surface area contributed by atoms with Crippen molar-refractivity contribution in [3.05, 3.63) is 51.5 Å². The molecular formula is C27H36Br2O3. The van der Waals surface area contributed by atoms with Crippen molar-refractivity contribution in [2.24, 2.45) is 22.7 Å². The van der Waals surface area contributed by atoms with Crippen LogP contribution in [0.2, 0.25) is 0 Å². The van der Waals surface area contributed by atoms with Gasteiger partial charge in [-0.05, 0) is 115 Å². The largest absolute Gasteiger partial charge is 0.506 e. The van der Waals surface area contributed by atoms with Gasteiger partial charge >= 0.3 is 5.97 Å². The minimum atomic E-state index is -0.981. The molecule has 3 rings (SSSR count). The van der Waals surface area contributed by atoms with Gasteiger partial charge in [0.2, 0.25) is 0 Å². The molecule has 5 unspecified atom stereocenters. The number of phenols is 1. The van der Waals surface area contributed by atoms with E-state index in [0.29, 0.717) is 27.2 Å². The molecule has 2 fully saturated rings. The summed E-state index contributed by atoms with van der Waals surface area (Å²) in [6.07, 6.45) is 9.57. The highest BCUT2D eigenvalue weighted by molar-refractivity contribution is 9.10. The van der Waals surface area contributed by atoms with Crippen molar-refractivity contribution < 1.29 is 15.0 Å². The van der Waals surface area contributed by atoms with Gasteiger partial charge in [-0.15, -0.1) is 0 Å². The standard InChI is InChI=1S/C27H36Br2O3/c1-16(2)7-6-11-27(5)22-9-8-17(3)20(26(22,4)12-10-23(27)29)14-18-13-19(25(31)32)15-21(28)24(18)30/h7,13,15,20,22-23,30H,3,6,8-12,14H2,1-2,4-5H3,(H,31,32). The summed E-state index contributed by atoms with van der Waals surface area (Å²) in [7, 11) is 0. The molecule has 0 spiro atoms. The van der Waals surface area contributed by atoms with E-state index in [9.17, 15) is 15.0 Å². The van der Waals surface area contributed by atoms with Crippen LogP contribution in [-0.4, -0.2) is 21.0 Å². The maximum atomic E-state index is 11.6. The first-order valence-electron chi connectivity index (χ1n) is 11.6. The number of aromatic carboxylic acids is 1. The first-order valence-corrected chi connectivity index (χ1v) is 13.3. The van der Waals surface area contributed by atoms with E-state index in [1.165, 1.54) is 17.2 Å².